The molecule has 6 nitrogen and oxygen atoms in total. The van der Waals surface area contributed by atoms with E-state index in [0.29, 0.717) is 17.1 Å². The second-order valence-corrected chi connectivity index (χ2v) is 7.69. The van der Waals surface area contributed by atoms with Crippen molar-refractivity contribution in [3.63, 3.8) is 0 Å². The van der Waals surface area contributed by atoms with E-state index in [-0.39, 0.29) is 23.8 Å². The third kappa shape index (κ3) is 5.67. The number of carbonyl (C=O) groups excluding carboxylic acids is 1. The van der Waals surface area contributed by atoms with Crippen molar-refractivity contribution in [1.82, 2.24) is 0 Å². The summed E-state index contributed by atoms with van der Waals surface area (Å²) in [6.45, 7) is 0. The minimum atomic E-state index is -0.734. The van der Waals surface area contributed by atoms with Gasteiger partial charge in [-0.3, -0.25) is 9.59 Å². The van der Waals surface area contributed by atoms with Gasteiger partial charge in [-0.2, -0.15) is 0 Å². The lowest BCUT2D eigenvalue weighted by Gasteiger charge is -2.18. The molecule has 0 fully saturated rings. The summed E-state index contributed by atoms with van der Waals surface area (Å²) in [6.07, 6.45) is -0.131. The summed E-state index contributed by atoms with van der Waals surface area (Å²) < 4.78 is 28.9. The third-order valence-corrected chi connectivity index (χ3v) is 5.66. The molecule has 0 amide bonds. The summed E-state index contributed by atoms with van der Waals surface area (Å²) in [5.74, 6) is -0.949. The number of ether oxygens (including phenoxy) is 2. The predicted octanol–water partition coefficient (Wildman–Crippen LogP) is 4.48. The van der Waals surface area contributed by atoms with E-state index < -0.39 is 23.1 Å². The van der Waals surface area contributed by atoms with Crippen LogP contribution in [0.2, 0.25) is 0 Å². The van der Waals surface area contributed by atoms with Crippen LogP contribution < -0.4 is 10.2 Å². The van der Waals surface area contributed by atoms with Crippen LogP contribution in [-0.4, -0.2) is 25.3 Å². The second kappa shape index (κ2) is 10.2. The molecule has 8 heteroatoms. The van der Waals surface area contributed by atoms with Gasteiger partial charge in [-0.1, -0.05) is 12.1 Å². The van der Waals surface area contributed by atoms with Gasteiger partial charge in [0.1, 0.15) is 17.3 Å². The topological polar surface area (TPSA) is 86.0 Å². The molecule has 0 unspecified atom stereocenters. The Balaban J connectivity index is 1.95. The summed E-state index contributed by atoms with van der Waals surface area (Å²) in [6, 6.07) is 14.0. The molecule has 31 heavy (non-hydrogen) atoms. The fraction of sp³-hybridized carbons (Fsp3) is 0.217. The Kier molecular flexibility index (Phi) is 7.36. The van der Waals surface area contributed by atoms with Gasteiger partial charge in [0.05, 0.1) is 32.3 Å². The molecule has 1 heterocycles. The molecule has 0 aliphatic rings. The first-order valence-electron chi connectivity index (χ1n) is 9.36. The first kappa shape index (κ1) is 22.4. The van der Waals surface area contributed by atoms with Gasteiger partial charge in [0.15, 0.2) is 5.76 Å². The van der Waals surface area contributed by atoms with Crippen LogP contribution in [-0.2, 0) is 15.3 Å². The lowest BCUT2D eigenvalue weighted by Crippen LogP contribution is -2.14. The zero-order valence-corrected chi connectivity index (χ0v) is 17.8. The Morgan fingerprint density at radius 3 is 2.42 bits per heavy atom. The molecule has 3 rings (SSSR count). The Labute approximate surface area is 182 Å². The number of esters is 1. The number of hydrogen-bond donors (Lipinski definition) is 1. The molecule has 1 aromatic heterocycles. The van der Waals surface area contributed by atoms with Gasteiger partial charge in [-0.25, -0.2) is 4.39 Å². The molecule has 0 saturated carbocycles. The number of carbonyl (C=O) groups is 1. The van der Waals surface area contributed by atoms with E-state index in [1.165, 1.54) is 44.2 Å². The van der Waals surface area contributed by atoms with Gasteiger partial charge >= 0.3 is 5.97 Å². The van der Waals surface area contributed by atoms with Crippen molar-refractivity contribution in [1.29, 1.82) is 0 Å². The van der Waals surface area contributed by atoms with Crippen molar-refractivity contribution in [3.05, 3.63) is 87.7 Å². The van der Waals surface area contributed by atoms with Crippen LogP contribution in [0.4, 0.5) is 4.39 Å². The highest BCUT2D eigenvalue weighted by atomic mass is 32.2. The van der Waals surface area contributed by atoms with Crippen LogP contribution in [0.25, 0.3) is 0 Å². The van der Waals surface area contributed by atoms with Crippen molar-refractivity contribution in [2.75, 3.05) is 14.2 Å². The number of hydrogen-bond acceptors (Lipinski definition) is 7. The zero-order valence-electron chi connectivity index (χ0n) is 17.0. The maximum atomic E-state index is 13.1. The van der Waals surface area contributed by atoms with E-state index in [1.807, 2.05) is 0 Å². The predicted molar refractivity (Wildman–Crippen MR) is 114 cm³/mol. The molecule has 0 aliphatic carbocycles. The van der Waals surface area contributed by atoms with Gasteiger partial charge in [0, 0.05) is 11.0 Å². The molecule has 3 aromatic rings. The van der Waals surface area contributed by atoms with E-state index in [4.69, 9.17) is 13.9 Å². The van der Waals surface area contributed by atoms with Crippen LogP contribution in [0.5, 0.6) is 11.5 Å². The van der Waals surface area contributed by atoms with Crippen molar-refractivity contribution in [3.8, 4) is 11.5 Å². The van der Waals surface area contributed by atoms with Crippen LogP contribution in [0.15, 0.2) is 68.7 Å². The van der Waals surface area contributed by atoms with E-state index in [1.54, 1.807) is 36.4 Å². The number of rotatable bonds is 8. The molecule has 162 valence electrons. The normalized spacial score (nSPS) is 11.7. The largest absolute Gasteiger partial charge is 0.502 e. The molecular formula is C23H21FO6S. The van der Waals surface area contributed by atoms with Gasteiger partial charge < -0.3 is 19.0 Å². The molecular weight excluding hydrogens is 423 g/mol. The number of methoxy groups -OCH3 is 2. The van der Waals surface area contributed by atoms with E-state index in [0.717, 1.165) is 4.90 Å². The highest BCUT2D eigenvalue weighted by molar-refractivity contribution is 7.98. The number of thioether (sulfide) groups is 1. The monoisotopic (exact) mass is 444 g/mol. The molecule has 0 spiro atoms. The summed E-state index contributed by atoms with van der Waals surface area (Å²) in [4.78, 5) is 25.2. The molecule has 0 radical (unpaired) electrons. The Morgan fingerprint density at radius 1 is 1.13 bits per heavy atom. The van der Waals surface area contributed by atoms with Crippen molar-refractivity contribution < 1.29 is 28.2 Å². The van der Waals surface area contributed by atoms with Crippen molar-refractivity contribution in [2.45, 2.75) is 23.0 Å². The number of benzene rings is 2. The summed E-state index contributed by atoms with van der Waals surface area (Å²) >= 11 is 1.35. The molecule has 2 aromatic carbocycles. The van der Waals surface area contributed by atoms with Crippen LogP contribution >= 0.6 is 11.8 Å². The van der Waals surface area contributed by atoms with E-state index in [9.17, 15) is 19.1 Å². The molecule has 1 atom stereocenters. The number of aromatic hydroxyl groups is 1. The van der Waals surface area contributed by atoms with Crippen LogP contribution in [0.3, 0.4) is 0 Å². The smallest absolute Gasteiger partial charge is 0.306 e. The Morgan fingerprint density at radius 2 is 1.81 bits per heavy atom. The average molecular weight is 444 g/mol. The van der Waals surface area contributed by atoms with Crippen LogP contribution in [0.1, 0.15) is 29.4 Å². The maximum Gasteiger partial charge on any atom is 0.306 e. The van der Waals surface area contributed by atoms with Crippen molar-refractivity contribution >= 4 is 17.7 Å². The lowest BCUT2D eigenvalue weighted by molar-refractivity contribution is -0.140. The fourth-order valence-corrected chi connectivity index (χ4v) is 3.78. The second-order valence-electron chi connectivity index (χ2n) is 6.64. The average Bonchev–Trinajstić information content (AvgIpc) is 2.79. The highest BCUT2D eigenvalue weighted by Gasteiger charge is 2.26. The van der Waals surface area contributed by atoms with Gasteiger partial charge in [0.2, 0.25) is 11.2 Å². The summed E-state index contributed by atoms with van der Waals surface area (Å²) in [7, 11) is 2.80. The Hall–Kier alpha value is -3.26. The highest BCUT2D eigenvalue weighted by Crippen LogP contribution is 2.35. The van der Waals surface area contributed by atoms with Gasteiger partial charge in [0.25, 0.3) is 0 Å². The van der Waals surface area contributed by atoms with Crippen LogP contribution in [0, 0.1) is 5.82 Å². The fourth-order valence-electron chi connectivity index (χ4n) is 3.00. The van der Waals surface area contributed by atoms with Crippen molar-refractivity contribution in [2.24, 2.45) is 0 Å². The van der Waals surface area contributed by atoms with E-state index in [2.05, 4.69) is 0 Å². The minimum absolute atomic E-state index is 0.0160. The lowest BCUT2D eigenvalue weighted by atomic mass is 9.92. The first-order valence-corrected chi connectivity index (χ1v) is 10.3. The summed E-state index contributed by atoms with van der Waals surface area (Å²) in [5.41, 5.74) is 0.0346. The first-order chi connectivity index (χ1) is 14.9. The number of halogens is 1. The molecule has 1 N–H and O–H groups in total. The molecule has 0 aliphatic heterocycles. The van der Waals surface area contributed by atoms with Gasteiger partial charge in [-0.15, -0.1) is 11.8 Å². The third-order valence-electron chi connectivity index (χ3n) is 4.63. The summed E-state index contributed by atoms with van der Waals surface area (Å²) in [5, 5.41) is 10.4. The molecule has 0 bridgehead atoms. The quantitative estimate of drug-likeness (QED) is 0.405. The minimum Gasteiger partial charge on any atom is -0.502 e. The molecule has 0 saturated heterocycles. The maximum absolute atomic E-state index is 13.1. The SMILES string of the molecule is COC(=O)C[C@@H](c1ccc(OC)cc1)c1oc(CSc2ccc(F)cc2)cc(=O)c1O. The van der Waals surface area contributed by atoms with Gasteiger partial charge in [-0.05, 0) is 42.0 Å². The van der Waals surface area contributed by atoms with E-state index >= 15 is 0 Å². The Bertz CT molecular complexity index is 1090. The zero-order chi connectivity index (χ0) is 22.4. The standard InChI is InChI=1S/C23H21FO6S/c1-28-16-7-3-14(4-8-16)19(12-21(26)29-2)23-22(27)20(25)11-17(30-23)13-31-18-9-5-15(24)6-10-18/h3-11,19,27H,12-13H2,1-2H3/t19-/m0/s1.